The zero-order chi connectivity index (χ0) is 12.3. The van der Waals surface area contributed by atoms with Gasteiger partial charge >= 0.3 is 16.3 Å². The molecule has 0 aliphatic rings. The lowest BCUT2D eigenvalue weighted by Gasteiger charge is -2.21. The van der Waals surface area contributed by atoms with Crippen LogP contribution in [0.1, 0.15) is 20.8 Å². The molecular formula is C7H16N2O5S. The normalized spacial score (nSPS) is 12.7. The standard InChI is InChI=1S/C7H16N2O5S/c1-7(2,3)14-6(10)8-15(11,12)9(4)13-5/h1-5H3,(H,8,10). The summed E-state index contributed by atoms with van der Waals surface area (Å²) >= 11 is 0. The van der Waals surface area contributed by atoms with Gasteiger partial charge < -0.3 is 4.74 Å². The first-order valence-electron chi connectivity index (χ1n) is 4.12. The van der Waals surface area contributed by atoms with E-state index >= 15 is 0 Å². The van der Waals surface area contributed by atoms with Gasteiger partial charge in [-0.2, -0.15) is 8.42 Å². The highest BCUT2D eigenvalue weighted by Crippen LogP contribution is 2.07. The van der Waals surface area contributed by atoms with Crippen molar-refractivity contribution in [1.29, 1.82) is 0 Å². The van der Waals surface area contributed by atoms with Crippen molar-refractivity contribution in [2.24, 2.45) is 0 Å². The molecule has 0 aromatic rings. The van der Waals surface area contributed by atoms with Gasteiger partial charge in [0.1, 0.15) is 5.60 Å². The van der Waals surface area contributed by atoms with Gasteiger partial charge in [-0.25, -0.2) is 9.52 Å². The predicted molar refractivity (Wildman–Crippen MR) is 53.1 cm³/mol. The maximum absolute atomic E-state index is 11.2. The van der Waals surface area contributed by atoms with Crippen molar-refractivity contribution in [1.82, 2.24) is 9.19 Å². The minimum absolute atomic E-state index is 0.511. The van der Waals surface area contributed by atoms with Gasteiger partial charge in [0, 0.05) is 7.05 Å². The molecule has 0 spiro atoms. The van der Waals surface area contributed by atoms with Gasteiger partial charge in [-0.1, -0.05) is 4.47 Å². The molecule has 0 bridgehead atoms. The van der Waals surface area contributed by atoms with E-state index in [0.29, 0.717) is 4.47 Å². The first kappa shape index (κ1) is 14.1. The number of hydrogen-bond donors (Lipinski definition) is 1. The van der Waals surface area contributed by atoms with E-state index < -0.39 is 21.9 Å². The van der Waals surface area contributed by atoms with Crippen LogP contribution in [-0.2, 0) is 19.8 Å². The summed E-state index contributed by atoms with van der Waals surface area (Å²) in [5.74, 6) is 0. The van der Waals surface area contributed by atoms with Crippen LogP contribution in [0.25, 0.3) is 0 Å². The highest BCUT2D eigenvalue weighted by molar-refractivity contribution is 7.87. The zero-order valence-electron chi connectivity index (χ0n) is 9.40. The molecule has 1 amide bonds. The zero-order valence-corrected chi connectivity index (χ0v) is 10.2. The number of ether oxygens (including phenoxy) is 1. The molecule has 0 saturated carbocycles. The fraction of sp³-hybridized carbons (Fsp3) is 0.857. The van der Waals surface area contributed by atoms with Crippen molar-refractivity contribution in [3.63, 3.8) is 0 Å². The molecule has 0 fully saturated rings. The molecule has 8 heteroatoms. The van der Waals surface area contributed by atoms with Crippen molar-refractivity contribution < 1.29 is 22.8 Å². The molecule has 15 heavy (non-hydrogen) atoms. The SMILES string of the molecule is CON(C)S(=O)(=O)NC(=O)OC(C)(C)C. The summed E-state index contributed by atoms with van der Waals surface area (Å²) in [6.45, 7) is 4.87. The third-order valence-corrected chi connectivity index (χ3v) is 2.46. The van der Waals surface area contributed by atoms with Gasteiger partial charge in [0.2, 0.25) is 0 Å². The van der Waals surface area contributed by atoms with Crippen LogP contribution in [0.3, 0.4) is 0 Å². The molecule has 0 aromatic heterocycles. The van der Waals surface area contributed by atoms with E-state index in [1.165, 1.54) is 0 Å². The summed E-state index contributed by atoms with van der Waals surface area (Å²) in [6.07, 6.45) is -1.05. The first-order chi connectivity index (χ1) is 6.58. The lowest BCUT2D eigenvalue weighted by atomic mass is 10.2. The molecule has 0 aliphatic carbocycles. The molecule has 90 valence electrons. The van der Waals surface area contributed by atoms with Gasteiger partial charge in [-0.05, 0) is 20.8 Å². The predicted octanol–water partition coefficient (Wildman–Crippen LogP) is 0.249. The maximum atomic E-state index is 11.2. The summed E-state index contributed by atoms with van der Waals surface area (Å²) in [5.41, 5.74) is -0.759. The maximum Gasteiger partial charge on any atom is 0.422 e. The minimum atomic E-state index is -4.00. The lowest BCUT2D eigenvalue weighted by molar-refractivity contribution is -0.0275. The largest absolute Gasteiger partial charge is 0.443 e. The van der Waals surface area contributed by atoms with Crippen LogP contribution in [0, 0.1) is 0 Å². The van der Waals surface area contributed by atoms with Crippen LogP contribution in [0.2, 0.25) is 0 Å². The molecule has 0 heterocycles. The van der Waals surface area contributed by atoms with Crippen molar-refractivity contribution >= 4 is 16.3 Å². The van der Waals surface area contributed by atoms with Crippen LogP contribution in [0.4, 0.5) is 4.79 Å². The number of nitrogens with zero attached hydrogens (tertiary/aromatic N) is 1. The Hall–Kier alpha value is -0.860. The minimum Gasteiger partial charge on any atom is -0.443 e. The van der Waals surface area contributed by atoms with Crippen molar-refractivity contribution in [2.75, 3.05) is 14.2 Å². The van der Waals surface area contributed by atoms with Gasteiger partial charge in [0.25, 0.3) is 0 Å². The van der Waals surface area contributed by atoms with Gasteiger partial charge in [-0.3, -0.25) is 4.84 Å². The molecule has 0 aromatic carbocycles. The summed E-state index contributed by atoms with van der Waals surface area (Å²) in [6, 6.07) is 0. The third-order valence-electron chi connectivity index (χ3n) is 1.21. The smallest absolute Gasteiger partial charge is 0.422 e. The third kappa shape index (κ3) is 5.55. The Labute approximate surface area is 89.5 Å². The number of amides is 1. The van der Waals surface area contributed by atoms with Crippen LogP contribution >= 0.6 is 0 Å². The summed E-state index contributed by atoms with van der Waals surface area (Å²) < 4.78 is 29.4. The summed E-state index contributed by atoms with van der Waals surface area (Å²) in [4.78, 5) is 15.5. The van der Waals surface area contributed by atoms with E-state index in [1.807, 2.05) is 0 Å². The van der Waals surface area contributed by atoms with Crippen LogP contribution < -0.4 is 4.72 Å². The van der Waals surface area contributed by atoms with E-state index in [1.54, 1.807) is 25.5 Å². The fourth-order valence-electron chi connectivity index (χ4n) is 0.567. The average Bonchev–Trinajstić information content (AvgIpc) is 1.97. The Kier molecular flexibility index (Phi) is 4.50. The van der Waals surface area contributed by atoms with Crippen LogP contribution in [0.5, 0.6) is 0 Å². The van der Waals surface area contributed by atoms with Gasteiger partial charge in [0.15, 0.2) is 0 Å². The van der Waals surface area contributed by atoms with Crippen molar-refractivity contribution in [2.45, 2.75) is 26.4 Å². The number of hydroxylamine groups is 1. The molecule has 0 rings (SSSR count). The van der Waals surface area contributed by atoms with Crippen LogP contribution in [0.15, 0.2) is 0 Å². The number of carbonyl (C=O) groups is 1. The Morgan fingerprint density at radius 3 is 2.13 bits per heavy atom. The van der Waals surface area contributed by atoms with E-state index in [0.717, 1.165) is 14.2 Å². The molecule has 0 saturated heterocycles. The summed E-state index contributed by atoms with van der Waals surface area (Å²) in [5, 5.41) is 0. The van der Waals surface area contributed by atoms with Gasteiger partial charge in [0.05, 0.1) is 7.11 Å². The molecule has 7 nitrogen and oxygen atoms in total. The van der Waals surface area contributed by atoms with E-state index in [4.69, 9.17) is 4.74 Å². The second-order valence-electron chi connectivity index (χ2n) is 3.70. The van der Waals surface area contributed by atoms with Gasteiger partial charge in [-0.15, -0.1) is 0 Å². The quantitative estimate of drug-likeness (QED) is 0.715. The van der Waals surface area contributed by atoms with E-state index in [-0.39, 0.29) is 0 Å². The molecule has 0 atom stereocenters. The molecule has 1 N–H and O–H groups in total. The lowest BCUT2D eigenvalue weighted by Crippen LogP contribution is -2.43. The highest BCUT2D eigenvalue weighted by atomic mass is 32.2. The number of carbonyl (C=O) groups excluding carboxylic acids is 1. The number of rotatable bonds is 3. The Bertz CT molecular complexity index is 319. The summed E-state index contributed by atoms with van der Waals surface area (Å²) in [7, 11) is -1.69. The van der Waals surface area contributed by atoms with E-state index in [2.05, 4.69) is 4.84 Å². The molecular weight excluding hydrogens is 224 g/mol. The molecule has 0 unspecified atom stereocenters. The first-order valence-corrected chi connectivity index (χ1v) is 5.56. The van der Waals surface area contributed by atoms with Crippen molar-refractivity contribution in [3.8, 4) is 0 Å². The van der Waals surface area contributed by atoms with Crippen molar-refractivity contribution in [3.05, 3.63) is 0 Å². The van der Waals surface area contributed by atoms with Crippen LogP contribution in [-0.4, -0.2) is 38.7 Å². The Morgan fingerprint density at radius 1 is 1.33 bits per heavy atom. The number of nitrogens with one attached hydrogen (secondary N) is 1. The fourth-order valence-corrected chi connectivity index (χ4v) is 1.14. The molecule has 0 aliphatic heterocycles. The monoisotopic (exact) mass is 240 g/mol. The Morgan fingerprint density at radius 2 is 1.80 bits per heavy atom. The second-order valence-corrected chi connectivity index (χ2v) is 5.37. The average molecular weight is 240 g/mol. The van der Waals surface area contributed by atoms with E-state index in [9.17, 15) is 13.2 Å². The highest BCUT2D eigenvalue weighted by Gasteiger charge is 2.24. The Balaban J connectivity index is 4.43. The molecule has 0 radical (unpaired) electrons. The topological polar surface area (TPSA) is 84.9 Å². The second kappa shape index (κ2) is 4.77. The number of hydrogen-bond acceptors (Lipinski definition) is 5.